The maximum Gasteiger partial charge on any atom is 0.335 e. The summed E-state index contributed by atoms with van der Waals surface area (Å²) in [6.45, 7) is 0.450. The Labute approximate surface area is 185 Å². The minimum absolute atomic E-state index is 0.0427. The third-order valence-corrected chi connectivity index (χ3v) is 5.38. The van der Waals surface area contributed by atoms with E-state index in [0.29, 0.717) is 24.5 Å². The summed E-state index contributed by atoms with van der Waals surface area (Å²) in [4.78, 5) is 40.1. The van der Waals surface area contributed by atoms with E-state index in [1.54, 1.807) is 12.1 Å². The van der Waals surface area contributed by atoms with Gasteiger partial charge >= 0.3 is 5.97 Å². The highest BCUT2D eigenvalue weighted by molar-refractivity contribution is 6.15. The molecule has 0 aliphatic carbocycles. The predicted octanol–water partition coefficient (Wildman–Crippen LogP) is 3.58. The van der Waals surface area contributed by atoms with E-state index >= 15 is 0 Å². The number of rotatable bonds is 6. The molecule has 0 saturated heterocycles. The number of anilines is 2. The predicted molar refractivity (Wildman–Crippen MR) is 123 cm³/mol. The van der Waals surface area contributed by atoms with Gasteiger partial charge in [-0.1, -0.05) is 36.4 Å². The molecular formula is C25H22N2O5. The van der Waals surface area contributed by atoms with Crippen LogP contribution in [0.25, 0.3) is 16.8 Å². The molecule has 1 heterocycles. The van der Waals surface area contributed by atoms with Crippen molar-refractivity contribution in [1.82, 2.24) is 0 Å². The van der Waals surface area contributed by atoms with Gasteiger partial charge in [0.2, 0.25) is 5.91 Å². The molecule has 4 rings (SSSR count). The molecule has 1 N–H and O–H groups in total. The minimum atomic E-state index is -1.10. The number of amides is 2. The van der Waals surface area contributed by atoms with Gasteiger partial charge in [0.25, 0.3) is 5.91 Å². The fraction of sp³-hybridized carbons (Fsp3) is 0.160. The number of nitrogens with zero attached hydrogens (tertiary/aromatic N) is 2. The van der Waals surface area contributed by atoms with Crippen molar-refractivity contribution in [2.45, 2.75) is 0 Å². The van der Waals surface area contributed by atoms with Crippen LogP contribution in [0, 0.1) is 0 Å². The molecule has 3 aromatic carbocycles. The Hall–Kier alpha value is -3.97. The molecule has 32 heavy (non-hydrogen) atoms. The zero-order chi connectivity index (χ0) is 22.7. The fourth-order valence-electron chi connectivity index (χ4n) is 3.73. The number of benzene rings is 3. The molecule has 0 saturated carbocycles. The molecule has 0 fully saturated rings. The quantitative estimate of drug-likeness (QED) is 0.604. The van der Waals surface area contributed by atoms with Crippen LogP contribution in [0.2, 0.25) is 0 Å². The molecule has 2 amide bonds. The number of carboxylic acid groups (broad SMARTS) is 1. The molecule has 0 unspecified atom stereocenters. The lowest BCUT2D eigenvalue weighted by atomic mass is 10.1. The molecule has 0 aromatic heterocycles. The summed E-state index contributed by atoms with van der Waals surface area (Å²) in [5.74, 6) is -1.76. The number of hydrogen-bond acceptors (Lipinski definition) is 4. The van der Waals surface area contributed by atoms with Crippen LogP contribution in [0.5, 0.6) is 0 Å². The number of hydrogen-bond donors (Lipinski definition) is 1. The number of carboxylic acids is 1. The van der Waals surface area contributed by atoms with Crippen LogP contribution >= 0.6 is 0 Å². The van der Waals surface area contributed by atoms with Gasteiger partial charge in [0.15, 0.2) is 0 Å². The Kier molecular flexibility index (Phi) is 6.00. The Balaban J connectivity index is 1.66. The summed E-state index contributed by atoms with van der Waals surface area (Å²) < 4.78 is 5.08. The molecule has 162 valence electrons. The Bertz CT molecular complexity index is 1230. The Morgan fingerprint density at radius 1 is 1.03 bits per heavy atom. The van der Waals surface area contributed by atoms with E-state index < -0.39 is 11.9 Å². The van der Waals surface area contributed by atoms with Crippen molar-refractivity contribution in [3.05, 3.63) is 77.9 Å². The van der Waals surface area contributed by atoms with Crippen molar-refractivity contribution in [2.75, 3.05) is 36.6 Å². The molecule has 7 heteroatoms. The monoisotopic (exact) mass is 430 g/mol. The maximum absolute atomic E-state index is 13.0. The van der Waals surface area contributed by atoms with Crippen molar-refractivity contribution in [3.63, 3.8) is 0 Å². The second-order valence-electron chi connectivity index (χ2n) is 7.41. The summed E-state index contributed by atoms with van der Waals surface area (Å²) in [6.07, 6.45) is 3.09. The Morgan fingerprint density at radius 2 is 1.81 bits per heavy atom. The number of carbonyl (C=O) groups is 3. The van der Waals surface area contributed by atoms with Crippen molar-refractivity contribution in [2.24, 2.45) is 0 Å². The van der Waals surface area contributed by atoms with E-state index in [1.165, 1.54) is 35.1 Å². The van der Waals surface area contributed by atoms with E-state index in [1.807, 2.05) is 42.5 Å². The second kappa shape index (κ2) is 9.03. The van der Waals surface area contributed by atoms with Gasteiger partial charge in [-0.25, -0.2) is 4.79 Å². The highest BCUT2D eigenvalue weighted by atomic mass is 16.5. The van der Waals surface area contributed by atoms with Gasteiger partial charge in [-0.15, -0.1) is 0 Å². The van der Waals surface area contributed by atoms with Gasteiger partial charge < -0.3 is 14.7 Å². The number of ether oxygens (including phenoxy) is 1. The van der Waals surface area contributed by atoms with Gasteiger partial charge in [0.05, 0.1) is 23.5 Å². The first kappa shape index (κ1) is 21.3. The highest BCUT2D eigenvalue weighted by Crippen LogP contribution is 2.35. The van der Waals surface area contributed by atoms with Crippen LogP contribution in [0.4, 0.5) is 11.4 Å². The average Bonchev–Trinajstić information content (AvgIpc) is 2.81. The minimum Gasteiger partial charge on any atom is -0.478 e. The highest BCUT2D eigenvalue weighted by Gasteiger charge is 2.32. The molecule has 7 nitrogen and oxygen atoms in total. The Morgan fingerprint density at radius 3 is 2.56 bits per heavy atom. The second-order valence-corrected chi connectivity index (χ2v) is 7.41. The molecule has 0 radical (unpaired) electrons. The lowest BCUT2D eigenvalue weighted by molar-refractivity contribution is -0.121. The third kappa shape index (κ3) is 4.24. The fourth-order valence-corrected chi connectivity index (χ4v) is 3.73. The SMILES string of the molecule is COCCN1C(=O)CN(C(=O)/C=C/c2ccc3ccccc3c2)c2cc(C(=O)O)ccc21. The normalized spacial score (nSPS) is 13.6. The topological polar surface area (TPSA) is 87.2 Å². The lowest BCUT2D eigenvalue weighted by Gasteiger charge is -2.35. The van der Waals surface area contributed by atoms with E-state index in [9.17, 15) is 19.5 Å². The van der Waals surface area contributed by atoms with Gasteiger partial charge in [0, 0.05) is 19.7 Å². The molecule has 1 aliphatic rings. The zero-order valence-electron chi connectivity index (χ0n) is 17.5. The number of fused-ring (bicyclic) bond motifs is 2. The van der Waals surface area contributed by atoms with Crippen molar-refractivity contribution >= 4 is 46.0 Å². The summed E-state index contributed by atoms with van der Waals surface area (Å²) in [5, 5.41) is 11.5. The van der Waals surface area contributed by atoms with Crippen LogP contribution in [-0.2, 0) is 14.3 Å². The van der Waals surface area contributed by atoms with Gasteiger partial charge in [0.1, 0.15) is 6.54 Å². The number of aromatic carboxylic acids is 1. The molecule has 0 spiro atoms. The standard InChI is InChI=1S/C25H22N2O5/c1-32-13-12-26-21-10-9-20(25(30)31)15-22(21)27(16-24(26)29)23(28)11-7-17-6-8-18-4-2-3-5-19(18)14-17/h2-11,14-15H,12-13,16H2,1H3,(H,30,31)/b11-7+. The summed E-state index contributed by atoms with van der Waals surface area (Å²) in [5.41, 5.74) is 1.76. The van der Waals surface area contributed by atoms with Crippen molar-refractivity contribution in [1.29, 1.82) is 0 Å². The molecule has 3 aromatic rings. The molecule has 0 atom stereocenters. The van der Waals surface area contributed by atoms with Crippen LogP contribution in [-0.4, -0.2) is 49.7 Å². The van der Waals surface area contributed by atoms with Crippen molar-refractivity contribution < 1.29 is 24.2 Å². The maximum atomic E-state index is 13.0. The van der Waals surface area contributed by atoms with Gasteiger partial charge in [-0.2, -0.15) is 0 Å². The smallest absolute Gasteiger partial charge is 0.335 e. The first-order chi connectivity index (χ1) is 15.5. The van der Waals surface area contributed by atoms with Crippen LogP contribution in [0.3, 0.4) is 0 Å². The summed E-state index contributed by atoms with van der Waals surface area (Å²) >= 11 is 0. The zero-order valence-corrected chi connectivity index (χ0v) is 17.5. The first-order valence-corrected chi connectivity index (χ1v) is 10.1. The first-order valence-electron chi connectivity index (χ1n) is 10.1. The van der Waals surface area contributed by atoms with Crippen LogP contribution in [0.1, 0.15) is 15.9 Å². The third-order valence-electron chi connectivity index (χ3n) is 5.38. The van der Waals surface area contributed by atoms with E-state index in [2.05, 4.69) is 0 Å². The molecular weight excluding hydrogens is 408 g/mol. The number of methoxy groups -OCH3 is 1. The van der Waals surface area contributed by atoms with Crippen LogP contribution in [0.15, 0.2) is 66.7 Å². The van der Waals surface area contributed by atoms with Crippen LogP contribution < -0.4 is 9.80 Å². The molecule has 0 bridgehead atoms. The summed E-state index contributed by atoms with van der Waals surface area (Å²) in [6, 6.07) is 18.2. The van der Waals surface area contributed by atoms with Crippen molar-refractivity contribution in [3.8, 4) is 0 Å². The van der Waals surface area contributed by atoms with E-state index in [4.69, 9.17) is 4.74 Å². The molecule has 1 aliphatic heterocycles. The summed E-state index contributed by atoms with van der Waals surface area (Å²) in [7, 11) is 1.54. The van der Waals surface area contributed by atoms with Gasteiger partial charge in [-0.3, -0.25) is 14.5 Å². The largest absolute Gasteiger partial charge is 0.478 e. The lowest BCUT2D eigenvalue weighted by Crippen LogP contribution is -2.48. The van der Waals surface area contributed by atoms with E-state index in [0.717, 1.165) is 16.3 Å². The van der Waals surface area contributed by atoms with E-state index in [-0.39, 0.29) is 18.0 Å². The average molecular weight is 430 g/mol. The number of carbonyl (C=O) groups excluding carboxylic acids is 2. The van der Waals surface area contributed by atoms with Gasteiger partial charge in [-0.05, 0) is 46.7 Å².